The van der Waals surface area contributed by atoms with Crippen molar-refractivity contribution < 1.29 is 44.4 Å². The Morgan fingerprint density at radius 1 is 0.759 bits per heavy atom. The zero-order valence-corrected chi connectivity index (χ0v) is 17.3. The van der Waals surface area contributed by atoms with Crippen LogP contribution < -0.4 is 11.1 Å². The lowest BCUT2D eigenvalue weighted by atomic mass is 9.97. The van der Waals surface area contributed by atoms with Crippen molar-refractivity contribution in [2.24, 2.45) is 5.73 Å². The van der Waals surface area contributed by atoms with Gasteiger partial charge in [0.25, 0.3) is 0 Å². The van der Waals surface area contributed by atoms with Crippen molar-refractivity contribution in [1.29, 1.82) is 0 Å². The molecule has 1 amide bonds. The average Bonchev–Trinajstić information content (AvgIpc) is 2.59. The molecule has 0 aromatic rings. The Balaban J connectivity index is -0.000000368. The first-order chi connectivity index (χ1) is 13.3. The minimum atomic E-state index is -1.08. The summed E-state index contributed by atoms with van der Waals surface area (Å²) < 4.78 is 0. The quantitative estimate of drug-likeness (QED) is 0.248. The lowest BCUT2D eigenvalue weighted by molar-refractivity contribution is -0.143. The van der Waals surface area contributed by atoms with E-state index in [0.29, 0.717) is 0 Å². The van der Waals surface area contributed by atoms with Crippen molar-refractivity contribution in [3.05, 3.63) is 0 Å². The molecule has 0 rings (SSSR count). The molecule has 0 aliphatic carbocycles. The first kappa shape index (κ1) is 31.0. The molecule has 7 N–H and O–H groups in total. The van der Waals surface area contributed by atoms with Crippen molar-refractivity contribution >= 4 is 29.8 Å². The van der Waals surface area contributed by atoms with E-state index in [1.165, 1.54) is 12.8 Å². The van der Waals surface area contributed by atoms with Gasteiger partial charge in [-0.3, -0.25) is 24.0 Å². The Bertz CT molecular complexity index is 463. The Morgan fingerprint density at radius 3 is 1.34 bits per heavy atom. The van der Waals surface area contributed by atoms with E-state index < -0.39 is 23.9 Å². The first-order valence-electron chi connectivity index (χ1n) is 9.15. The van der Waals surface area contributed by atoms with Crippen molar-refractivity contribution in [3.8, 4) is 0 Å². The second kappa shape index (κ2) is 18.7. The SMILES string of the molecule is CCCCCC(C)(C)NC(=O)CN.O=C(O)CCC(=O)O.O=C(O)CCC(=O)O. The highest BCUT2D eigenvalue weighted by molar-refractivity contribution is 5.78. The fourth-order valence-electron chi connectivity index (χ4n) is 1.74. The molecule has 0 radical (unpaired) electrons. The van der Waals surface area contributed by atoms with Crippen LogP contribution in [0.4, 0.5) is 0 Å². The number of unbranched alkanes of at least 4 members (excludes halogenated alkanes) is 2. The summed E-state index contributed by atoms with van der Waals surface area (Å²) in [6, 6.07) is 0. The summed E-state index contributed by atoms with van der Waals surface area (Å²) in [6.07, 6.45) is 3.43. The molecule has 170 valence electrons. The van der Waals surface area contributed by atoms with E-state index in [9.17, 15) is 24.0 Å². The summed E-state index contributed by atoms with van der Waals surface area (Å²) in [7, 11) is 0. The van der Waals surface area contributed by atoms with Crippen LogP contribution in [0, 0.1) is 0 Å². The number of hydrogen-bond donors (Lipinski definition) is 6. The summed E-state index contributed by atoms with van der Waals surface area (Å²) in [6.45, 7) is 6.33. The van der Waals surface area contributed by atoms with Crippen LogP contribution in [0.25, 0.3) is 0 Å². The molecule has 11 nitrogen and oxygen atoms in total. The van der Waals surface area contributed by atoms with Gasteiger partial charge in [0.2, 0.25) is 5.91 Å². The molecule has 11 heteroatoms. The number of carboxylic acid groups (broad SMARTS) is 4. The third-order valence-corrected chi connectivity index (χ3v) is 3.17. The minimum absolute atomic E-state index is 0.0681. The molecular formula is C18H34N2O9. The van der Waals surface area contributed by atoms with Gasteiger partial charge in [0.05, 0.1) is 32.2 Å². The van der Waals surface area contributed by atoms with Gasteiger partial charge in [0.1, 0.15) is 0 Å². The Morgan fingerprint density at radius 2 is 1.10 bits per heavy atom. The summed E-state index contributed by atoms with van der Waals surface area (Å²) in [5.74, 6) is -4.37. The Kier molecular flexibility index (Phi) is 20.0. The second-order valence-corrected chi connectivity index (χ2v) is 6.67. The fourth-order valence-corrected chi connectivity index (χ4v) is 1.74. The van der Waals surface area contributed by atoms with E-state index in [1.54, 1.807) is 0 Å². The van der Waals surface area contributed by atoms with Gasteiger partial charge in [-0.15, -0.1) is 0 Å². The van der Waals surface area contributed by atoms with Gasteiger partial charge in [-0.1, -0.05) is 26.2 Å². The molecule has 0 saturated carbocycles. The Labute approximate surface area is 170 Å². The zero-order chi connectivity index (χ0) is 23.5. The van der Waals surface area contributed by atoms with E-state index in [1.807, 2.05) is 13.8 Å². The van der Waals surface area contributed by atoms with Crippen LogP contribution in [0.15, 0.2) is 0 Å². The maximum Gasteiger partial charge on any atom is 0.303 e. The van der Waals surface area contributed by atoms with E-state index in [0.717, 1.165) is 12.8 Å². The zero-order valence-electron chi connectivity index (χ0n) is 17.3. The number of carbonyl (C=O) groups is 5. The highest BCUT2D eigenvalue weighted by Gasteiger charge is 2.18. The van der Waals surface area contributed by atoms with Gasteiger partial charge in [-0.05, 0) is 20.3 Å². The summed E-state index contributed by atoms with van der Waals surface area (Å²) >= 11 is 0. The number of amides is 1. The lowest BCUT2D eigenvalue weighted by Gasteiger charge is -2.25. The molecular weight excluding hydrogens is 388 g/mol. The first-order valence-corrected chi connectivity index (χ1v) is 9.15. The number of carbonyl (C=O) groups excluding carboxylic acids is 1. The number of hydrogen-bond acceptors (Lipinski definition) is 6. The van der Waals surface area contributed by atoms with Crippen LogP contribution in [0.2, 0.25) is 0 Å². The summed E-state index contributed by atoms with van der Waals surface area (Å²) in [4.78, 5) is 49.6. The second-order valence-electron chi connectivity index (χ2n) is 6.67. The van der Waals surface area contributed by atoms with Crippen LogP contribution in [0.3, 0.4) is 0 Å². The fraction of sp³-hybridized carbons (Fsp3) is 0.722. The highest BCUT2D eigenvalue weighted by atomic mass is 16.4. The molecule has 0 atom stereocenters. The highest BCUT2D eigenvalue weighted by Crippen LogP contribution is 2.13. The molecule has 0 aliphatic heterocycles. The van der Waals surface area contributed by atoms with E-state index in [4.69, 9.17) is 26.2 Å². The van der Waals surface area contributed by atoms with Gasteiger partial charge >= 0.3 is 23.9 Å². The monoisotopic (exact) mass is 422 g/mol. The third-order valence-electron chi connectivity index (χ3n) is 3.17. The average molecular weight is 422 g/mol. The molecule has 0 aromatic carbocycles. The number of aliphatic carboxylic acids is 4. The molecule has 0 aliphatic rings. The van der Waals surface area contributed by atoms with Crippen molar-refractivity contribution in [2.45, 2.75) is 77.7 Å². The molecule has 0 saturated heterocycles. The lowest BCUT2D eigenvalue weighted by Crippen LogP contribution is -2.45. The van der Waals surface area contributed by atoms with Crippen molar-refractivity contribution in [3.63, 3.8) is 0 Å². The third kappa shape index (κ3) is 33.3. The molecule has 0 bridgehead atoms. The van der Waals surface area contributed by atoms with E-state index >= 15 is 0 Å². The minimum Gasteiger partial charge on any atom is -0.481 e. The molecule has 0 fully saturated rings. The maximum absolute atomic E-state index is 11.0. The molecule has 0 heterocycles. The summed E-state index contributed by atoms with van der Waals surface area (Å²) in [5.41, 5.74) is 5.12. The number of rotatable bonds is 12. The number of carboxylic acids is 4. The molecule has 0 unspecified atom stereocenters. The molecule has 29 heavy (non-hydrogen) atoms. The number of nitrogens with one attached hydrogen (secondary N) is 1. The van der Waals surface area contributed by atoms with Crippen LogP contribution in [0.1, 0.15) is 72.1 Å². The number of nitrogens with two attached hydrogens (primary N) is 1. The predicted octanol–water partition coefficient (Wildman–Crippen LogP) is 1.29. The van der Waals surface area contributed by atoms with Crippen LogP contribution in [-0.2, 0) is 24.0 Å². The van der Waals surface area contributed by atoms with Gasteiger partial charge < -0.3 is 31.5 Å². The van der Waals surface area contributed by atoms with Crippen LogP contribution >= 0.6 is 0 Å². The largest absolute Gasteiger partial charge is 0.481 e. The van der Waals surface area contributed by atoms with E-state index in [2.05, 4.69) is 12.2 Å². The standard InChI is InChI=1S/C10H22N2O.2C4H6O4/c1-4-5-6-7-10(2,3)12-9(13)8-11;2*5-3(6)1-2-4(7)8/h4-8,11H2,1-3H3,(H,12,13);2*1-2H2,(H,5,6)(H,7,8). The molecule has 0 spiro atoms. The predicted molar refractivity (Wildman–Crippen MR) is 104 cm³/mol. The summed E-state index contributed by atoms with van der Waals surface area (Å²) in [5, 5.41) is 34.5. The van der Waals surface area contributed by atoms with Crippen molar-refractivity contribution in [2.75, 3.05) is 6.54 Å². The Hall–Kier alpha value is -2.69. The topological polar surface area (TPSA) is 204 Å². The van der Waals surface area contributed by atoms with Crippen LogP contribution in [0.5, 0.6) is 0 Å². The van der Waals surface area contributed by atoms with Crippen molar-refractivity contribution in [1.82, 2.24) is 5.32 Å². The molecule has 0 aromatic heterocycles. The van der Waals surface area contributed by atoms with Gasteiger partial charge in [-0.25, -0.2) is 0 Å². The van der Waals surface area contributed by atoms with E-state index in [-0.39, 0.29) is 43.7 Å². The van der Waals surface area contributed by atoms with Crippen LogP contribution in [-0.4, -0.2) is 62.3 Å². The van der Waals surface area contributed by atoms with Gasteiger partial charge in [0, 0.05) is 5.54 Å². The normalized spacial score (nSPS) is 9.79. The van der Waals surface area contributed by atoms with Gasteiger partial charge in [0.15, 0.2) is 0 Å². The van der Waals surface area contributed by atoms with Gasteiger partial charge in [-0.2, -0.15) is 0 Å². The maximum atomic E-state index is 11.0. The smallest absolute Gasteiger partial charge is 0.303 e.